The molecule has 29 heavy (non-hydrogen) atoms. The van der Waals surface area contributed by atoms with Crippen LogP contribution in [-0.2, 0) is 0 Å². The summed E-state index contributed by atoms with van der Waals surface area (Å²) in [6.07, 6.45) is 3.03. The molecule has 0 spiro atoms. The molecule has 0 unspecified atom stereocenters. The van der Waals surface area contributed by atoms with E-state index in [4.69, 9.17) is 0 Å². The summed E-state index contributed by atoms with van der Waals surface area (Å²) >= 11 is 0. The van der Waals surface area contributed by atoms with E-state index in [1.165, 1.54) is 74.9 Å². The molecule has 0 radical (unpaired) electrons. The van der Waals surface area contributed by atoms with Gasteiger partial charge >= 0.3 is 6.36 Å². The highest BCUT2D eigenvalue weighted by atomic mass is 28.3. The lowest BCUT2D eigenvalue weighted by Crippen LogP contribution is -2.34. The Labute approximate surface area is 171 Å². The lowest BCUT2D eigenvalue weighted by atomic mass is 9.96. The molecule has 0 saturated carbocycles. The van der Waals surface area contributed by atoms with Crippen molar-refractivity contribution < 1.29 is 22.3 Å². The van der Waals surface area contributed by atoms with Crippen LogP contribution in [0.2, 0.25) is 12.1 Å². The topological polar surface area (TPSA) is 9.23 Å². The van der Waals surface area contributed by atoms with Crippen LogP contribution in [0.5, 0.6) is 5.75 Å². The van der Waals surface area contributed by atoms with Gasteiger partial charge in [0.25, 0.3) is 0 Å². The van der Waals surface area contributed by atoms with E-state index >= 15 is 0 Å². The van der Waals surface area contributed by atoms with Crippen LogP contribution < -0.4 is 9.92 Å². The quantitative estimate of drug-likeness (QED) is 0.269. The fraction of sp³-hybridized carbons (Fsp3) is 0.478. The van der Waals surface area contributed by atoms with Gasteiger partial charge in [-0.1, -0.05) is 87.0 Å². The predicted octanol–water partition coefficient (Wildman–Crippen LogP) is 6.82. The summed E-state index contributed by atoms with van der Waals surface area (Å²) in [5, 5.41) is 1.16. The summed E-state index contributed by atoms with van der Waals surface area (Å²) < 4.78 is 55.4. The molecule has 0 amide bonds. The highest BCUT2D eigenvalue weighted by Crippen LogP contribution is 2.31. The van der Waals surface area contributed by atoms with Crippen molar-refractivity contribution in [1.82, 2.24) is 0 Å². The third-order valence-electron chi connectivity index (χ3n) is 5.93. The van der Waals surface area contributed by atoms with Gasteiger partial charge in [0, 0.05) is 5.56 Å². The molecule has 0 N–H and O–H groups in total. The summed E-state index contributed by atoms with van der Waals surface area (Å²) in [5.74, 6) is 0.234. The third-order valence-corrected chi connectivity index (χ3v) is 9.29. The predicted molar refractivity (Wildman–Crippen MR) is 112 cm³/mol. The van der Waals surface area contributed by atoms with Crippen molar-refractivity contribution in [3.05, 3.63) is 48.3 Å². The smallest absolute Gasteiger partial charge is 0.406 e. The zero-order valence-corrected chi connectivity index (χ0v) is 17.9. The first-order chi connectivity index (χ1) is 13.9. The standard InChI is InChI=1S/C23H28F4OSi/c1-2-3-4-5-17-12-14-29(15-13-17)20-10-11-21(22(24)16-20)18-6-8-19(9-7-18)28-23(25,26)27/h6-11,16-17,29H,2-5,12-15H2,1H3/t17-,29-. The second kappa shape index (κ2) is 9.79. The van der Waals surface area contributed by atoms with Crippen molar-refractivity contribution in [3.8, 4) is 16.9 Å². The fourth-order valence-corrected chi connectivity index (χ4v) is 7.78. The van der Waals surface area contributed by atoms with Crippen LogP contribution >= 0.6 is 0 Å². The Balaban J connectivity index is 1.62. The summed E-state index contributed by atoms with van der Waals surface area (Å²) in [6, 6.07) is 13.3. The molecule has 158 valence electrons. The maximum atomic E-state index is 14.8. The molecule has 1 fully saturated rings. The van der Waals surface area contributed by atoms with Gasteiger partial charge in [-0.15, -0.1) is 13.2 Å². The number of alkyl halides is 3. The van der Waals surface area contributed by atoms with Crippen LogP contribution in [0.1, 0.15) is 45.4 Å². The van der Waals surface area contributed by atoms with E-state index in [0.717, 1.165) is 11.1 Å². The second-order valence-electron chi connectivity index (χ2n) is 8.02. The van der Waals surface area contributed by atoms with Crippen molar-refractivity contribution >= 4 is 14.0 Å². The molecule has 6 heteroatoms. The summed E-state index contributed by atoms with van der Waals surface area (Å²) in [5.41, 5.74) is 0.958. The average molecular weight is 425 g/mol. The fourth-order valence-electron chi connectivity index (χ4n) is 4.32. The Morgan fingerprint density at radius 1 is 1.00 bits per heavy atom. The minimum Gasteiger partial charge on any atom is -0.406 e. The minimum atomic E-state index is -4.73. The zero-order chi connectivity index (χ0) is 20.9. The van der Waals surface area contributed by atoms with Gasteiger partial charge in [-0.3, -0.25) is 0 Å². The number of unbranched alkanes of at least 4 members (excludes halogenated alkanes) is 2. The Morgan fingerprint density at radius 3 is 2.28 bits per heavy atom. The molecule has 1 aliphatic rings. The summed E-state index contributed by atoms with van der Waals surface area (Å²) in [6.45, 7) is 2.23. The van der Waals surface area contributed by atoms with Crippen LogP contribution in [0, 0.1) is 11.7 Å². The van der Waals surface area contributed by atoms with Crippen LogP contribution in [0.3, 0.4) is 0 Å². The Kier molecular flexibility index (Phi) is 7.38. The lowest BCUT2D eigenvalue weighted by molar-refractivity contribution is -0.274. The van der Waals surface area contributed by atoms with Crippen LogP contribution in [0.25, 0.3) is 11.1 Å². The Bertz CT molecular complexity index is 780. The number of hydrogen-bond acceptors (Lipinski definition) is 1. The van der Waals surface area contributed by atoms with Crippen molar-refractivity contribution in [2.24, 2.45) is 5.92 Å². The summed E-state index contributed by atoms with van der Waals surface area (Å²) in [7, 11) is -1.12. The number of ether oxygens (including phenoxy) is 1. The molecule has 0 aliphatic carbocycles. The van der Waals surface area contributed by atoms with Gasteiger partial charge < -0.3 is 4.74 Å². The van der Waals surface area contributed by atoms with E-state index in [-0.39, 0.29) is 11.6 Å². The van der Waals surface area contributed by atoms with E-state index in [2.05, 4.69) is 11.7 Å². The first-order valence-corrected chi connectivity index (χ1v) is 12.7. The van der Waals surface area contributed by atoms with Crippen molar-refractivity contribution in [1.29, 1.82) is 0 Å². The first-order valence-electron chi connectivity index (χ1n) is 10.5. The number of rotatable bonds is 7. The molecule has 0 atom stereocenters. The SMILES string of the molecule is CCCCC[C@H]1CC[Si@H](c2ccc(-c3ccc(OC(F)(F)F)cc3)c(F)c2)CC1. The molecule has 3 rings (SSSR count). The van der Waals surface area contributed by atoms with E-state index in [1.807, 2.05) is 6.07 Å². The molecule has 2 aromatic rings. The van der Waals surface area contributed by atoms with Crippen molar-refractivity contribution in [2.45, 2.75) is 63.9 Å². The van der Waals surface area contributed by atoms with Crippen molar-refractivity contribution in [3.63, 3.8) is 0 Å². The molecule has 2 aromatic carbocycles. The number of halogens is 4. The molecule has 1 saturated heterocycles. The molecule has 0 bridgehead atoms. The van der Waals surface area contributed by atoms with E-state index in [1.54, 1.807) is 12.1 Å². The monoisotopic (exact) mass is 424 g/mol. The van der Waals surface area contributed by atoms with Crippen LogP contribution in [-0.4, -0.2) is 15.2 Å². The molecular formula is C23H28F4OSi. The van der Waals surface area contributed by atoms with Crippen molar-refractivity contribution in [2.75, 3.05) is 0 Å². The Morgan fingerprint density at radius 2 is 1.69 bits per heavy atom. The molecular weight excluding hydrogens is 396 g/mol. The van der Waals surface area contributed by atoms with Gasteiger partial charge in [0.1, 0.15) is 11.6 Å². The highest BCUT2D eigenvalue weighted by molar-refractivity contribution is 6.73. The van der Waals surface area contributed by atoms with Gasteiger partial charge in [-0.05, 0) is 29.7 Å². The highest BCUT2D eigenvalue weighted by Gasteiger charge is 2.31. The van der Waals surface area contributed by atoms with Gasteiger partial charge in [-0.25, -0.2) is 4.39 Å². The number of hydrogen-bond donors (Lipinski definition) is 0. The Hall–Kier alpha value is -1.82. The largest absolute Gasteiger partial charge is 0.573 e. The average Bonchev–Trinajstić information content (AvgIpc) is 2.68. The van der Waals surface area contributed by atoms with Gasteiger partial charge in [-0.2, -0.15) is 0 Å². The minimum absolute atomic E-state index is 0.301. The van der Waals surface area contributed by atoms with Gasteiger partial charge in [0.15, 0.2) is 0 Å². The molecule has 1 heterocycles. The number of benzene rings is 2. The van der Waals surface area contributed by atoms with Crippen LogP contribution in [0.15, 0.2) is 42.5 Å². The van der Waals surface area contributed by atoms with E-state index in [0.29, 0.717) is 11.1 Å². The normalized spacial score (nSPS) is 19.9. The second-order valence-corrected chi connectivity index (χ2v) is 11.2. The van der Waals surface area contributed by atoms with E-state index < -0.39 is 15.2 Å². The first kappa shape index (κ1) is 21.9. The zero-order valence-electron chi connectivity index (χ0n) is 16.8. The van der Waals surface area contributed by atoms with Gasteiger partial charge in [0.2, 0.25) is 0 Å². The summed E-state index contributed by atoms with van der Waals surface area (Å²) in [4.78, 5) is 0. The molecule has 0 aromatic heterocycles. The van der Waals surface area contributed by atoms with Crippen LogP contribution in [0.4, 0.5) is 17.6 Å². The molecule has 1 nitrogen and oxygen atoms in total. The van der Waals surface area contributed by atoms with Gasteiger partial charge in [0.05, 0.1) is 8.80 Å². The third kappa shape index (κ3) is 6.33. The van der Waals surface area contributed by atoms with E-state index in [9.17, 15) is 17.6 Å². The molecule has 1 aliphatic heterocycles. The maximum absolute atomic E-state index is 14.8. The maximum Gasteiger partial charge on any atom is 0.573 e. The lowest BCUT2D eigenvalue weighted by Gasteiger charge is -2.28.